The van der Waals surface area contributed by atoms with Gasteiger partial charge in [-0.3, -0.25) is 4.79 Å². The minimum atomic E-state index is -4.95. The van der Waals surface area contributed by atoms with Crippen molar-refractivity contribution in [2.75, 3.05) is 19.7 Å². The number of aliphatic carboxylic acids is 1. The summed E-state index contributed by atoms with van der Waals surface area (Å²) in [5.74, 6) is -2.97. The molecule has 0 bridgehead atoms. The number of hydrogen-bond acceptors (Lipinski definition) is 5. The van der Waals surface area contributed by atoms with Crippen molar-refractivity contribution in [1.82, 2.24) is 10.2 Å². The standard InChI is InChI=1S/C23H21F3N2O6/c24-23(25,26)18(9-19(29)28-11-22(33,12-28)20(30)31)27-21(32)34-10-17-15-7-3-1-5-13(15)14-6-2-4-8-16(14)17/h1-8,17-18,33H,9-12H2,(H,27,32)(H,30,31). The van der Waals surface area contributed by atoms with Crippen molar-refractivity contribution >= 4 is 18.0 Å². The number of aliphatic hydroxyl groups is 1. The largest absolute Gasteiger partial charge is 0.479 e. The topological polar surface area (TPSA) is 116 Å². The number of halogens is 3. The van der Waals surface area contributed by atoms with E-state index in [0.717, 1.165) is 27.2 Å². The van der Waals surface area contributed by atoms with Crippen molar-refractivity contribution in [2.24, 2.45) is 0 Å². The number of carboxylic acids is 1. The summed E-state index contributed by atoms with van der Waals surface area (Å²) >= 11 is 0. The molecule has 2 aromatic carbocycles. The molecule has 2 aliphatic rings. The van der Waals surface area contributed by atoms with Crippen LogP contribution in [0, 0.1) is 0 Å². The van der Waals surface area contributed by atoms with Crippen molar-refractivity contribution in [3.63, 3.8) is 0 Å². The molecule has 0 spiro atoms. The Balaban J connectivity index is 1.38. The number of benzene rings is 2. The Kier molecular flexibility index (Phi) is 5.98. The average Bonchev–Trinajstić information content (AvgIpc) is 3.08. The fraction of sp³-hybridized carbons (Fsp3) is 0.348. The third-order valence-corrected chi connectivity index (χ3v) is 6.07. The number of hydrogen-bond donors (Lipinski definition) is 3. The van der Waals surface area contributed by atoms with Gasteiger partial charge in [0.25, 0.3) is 0 Å². The van der Waals surface area contributed by atoms with Crippen LogP contribution in [0.2, 0.25) is 0 Å². The van der Waals surface area contributed by atoms with Gasteiger partial charge < -0.3 is 25.2 Å². The molecule has 1 fully saturated rings. The average molecular weight is 478 g/mol. The van der Waals surface area contributed by atoms with Crippen LogP contribution in [0.1, 0.15) is 23.5 Å². The fourth-order valence-corrected chi connectivity index (χ4v) is 4.23. The van der Waals surface area contributed by atoms with Gasteiger partial charge in [-0.15, -0.1) is 0 Å². The predicted octanol–water partition coefficient (Wildman–Crippen LogP) is 2.50. The molecule has 180 valence electrons. The number of likely N-dealkylation sites (tertiary alicyclic amines) is 1. The van der Waals surface area contributed by atoms with Crippen molar-refractivity contribution < 1.29 is 42.5 Å². The number of rotatable bonds is 6. The van der Waals surface area contributed by atoms with E-state index in [-0.39, 0.29) is 12.5 Å². The second-order valence-electron chi connectivity index (χ2n) is 8.35. The van der Waals surface area contributed by atoms with Gasteiger partial charge in [0.05, 0.1) is 19.5 Å². The minimum absolute atomic E-state index is 0.198. The lowest BCUT2D eigenvalue weighted by Crippen LogP contribution is -2.68. The smallest absolute Gasteiger partial charge is 0.409 e. The molecule has 0 saturated carbocycles. The number of carbonyl (C=O) groups is 3. The number of ether oxygens (including phenoxy) is 1. The Morgan fingerprint density at radius 3 is 2.09 bits per heavy atom. The number of amides is 2. The van der Waals surface area contributed by atoms with E-state index in [1.807, 2.05) is 48.5 Å². The van der Waals surface area contributed by atoms with Gasteiger partial charge in [0, 0.05) is 5.92 Å². The van der Waals surface area contributed by atoms with Crippen LogP contribution in [-0.4, -0.2) is 70.6 Å². The second-order valence-corrected chi connectivity index (χ2v) is 8.35. The monoisotopic (exact) mass is 478 g/mol. The lowest BCUT2D eigenvalue weighted by atomic mass is 9.93. The number of alkyl carbamates (subject to hydrolysis) is 1. The zero-order chi connectivity index (χ0) is 24.7. The Morgan fingerprint density at radius 2 is 1.59 bits per heavy atom. The van der Waals surface area contributed by atoms with Gasteiger partial charge in [0.2, 0.25) is 5.91 Å². The van der Waals surface area contributed by atoms with Crippen LogP contribution in [-0.2, 0) is 14.3 Å². The number of nitrogens with zero attached hydrogens (tertiary/aromatic N) is 1. The first-order chi connectivity index (χ1) is 16.0. The molecule has 1 unspecified atom stereocenters. The van der Waals surface area contributed by atoms with Crippen LogP contribution in [0.4, 0.5) is 18.0 Å². The van der Waals surface area contributed by atoms with Crippen LogP contribution in [0.25, 0.3) is 11.1 Å². The molecule has 11 heteroatoms. The van der Waals surface area contributed by atoms with E-state index in [9.17, 15) is 32.7 Å². The molecule has 1 atom stereocenters. The maximum Gasteiger partial charge on any atom is 0.409 e. The van der Waals surface area contributed by atoms with Crippen molar-refractivity contribution in [1.29, 1.82) is 0 Å². The van der Waals surface area contributed by atoms with Crippen molar-refractivity contribution in [3.05, 3.63) is 59.7 Å². The predicted molar refractivity (Wildman–Crippen MR) is 112 cm³/mol. The maximum absolute atomic E-state index is 13.5. The second kappa shape index (κ2) is 8.64. The van der Waals surface area contributed by atoms with Crippen LogP contribution < -0.4 is 5.32 Å². The zero-order valence-electron chi connectivity index (χ0n) is 17.7. The van der Waals surface area contributed by atoms with Gasteiger partial charge in [0.1, 0.15) is 12.6 Å². The molecule has 34 heavy (non-hydrogen) atoms. The number of carbonyl (C=O) groups excluding carboxylic acids is 2. The van der Waals surface area contributed by atoms with Gasteiger partial charge in [-0.25, -0.2) is 9.59 Å². The van der Waals surface area contributed by atoms with Gasteiger partial charge in [-0.1, -0.05) is 48.5 Å². The molecule has 0 aromatic heterocycles. The molecule has 2 aromatic rings. The Morgan fingerprint density at radius 1 is 1.06 bits per heavy atom. The summed E-state index contributed by atoms with van der Waals surface area (Å²) in [5, 5.41) is 20.2. The Labute approximate surface area is 191 Å². The van der Waals surface area contributed by atoms with Gasteiger partial charge in [-0.2, -0.15) is 13.2 Å². The summed E-state index contributed by atoms with van der Waals surface area (Å²) in [6.45, 7) is -1.45. The molecular formula is C23H21F3N2O6. The summed E-state index contributed by atoms with van der Waals surface area (Å²) in [6.07, 6.45) is -7.43. The van der Waals surface area contributed by atoms with Gasteiger partial charge in [0.15, 0.2) is 5.60 Å². The molecule has 1 aliphatic carbocycles. The highest BCUT2D eigenvalue weighted by atomic mass is 19.4. The van der Waals surface area contributed by atoms with E-state index in [4.69, 9.17) is 9.84 Å². The Bertz CT molecular complexity index is 1080. The van der Waals surface area contributed by atoms with Gasteiger partial charge in [-0.05, 0) is 22.3 Å². The van der Waals surface area contributed by atoms with Crippen LogP contribution in [0.15, 0.2) is 48.5 Å². The number of fused-ring (bicyclic) bond motifs is 3. The van der Waals surface area contributed by atoms with E-state index in [2.05, 4.69) is 0 Å². The summed E-state index contributed by atoms with van der Waals surface area (Å²) in [4.78, 5) is 36.1. The highest BCUT2D eigenvalue weighted by Crippen LogP contribution is 2.44. The van der Waals surface area contributed by atoms with Crippen LogP contribution in [0.3, 0.4) is 0 Å². The molecule has 8 nitrogen and oxygen atoms in total. The number of alkyl halides is 3. The molecular weight excluding hydrogens is 457 g/mol. The summed E-state index contributed by atoms with van der Waals surface area (Å²) in [6, 6.07) is 12.4. The van der Waals surface area contributed by atoms with E-state index in [0.29, 0.717) is 0 Å². The first-order valence-corrected chi connectivity index (χ1v) is 10.4. The highest BCUT2D eigenvalue weighted by molar-refractivity contribution is 5.85. The Hall–Kier alpha value is -3.60. The third kappa shape index (κ3) is 4.43. The first-order valence-electron chi connectivity index (χ1n) is 10.4. The van der Waals surface area contributed by atoms with Crippen molar-refractivity contribution in [2.45, 2.75) is 30.2 Å². The van der Waals surface area contributed by atoms with Crippen LogP contribution >= 0.6 is 0 Å². The summed E-state index contributed by atoms with van der Waals surface area (Å²) in [7, 11) is 0. The quantitative estimate of drug-likeness (QED) is 0.588. The highest BCUT2D eigenvalue weighted by Gasteiger charge is 2.51. The number of carboxylic acid groups (broad SMARTS) is 1. The summed E-state index contributed by atoms with van der Waals surface area (Å²) in [5.41, 5.74) is 1.53. The molecule has 1 aliphatic heterocycles. The fourth-order valence-electron chi connectivity index (χ4n) is 4.23. The number of β-amino-alcohol motifs (C(OH)–C–C–N with tert-alkyl or cyclic N) is 1. The molecule has 4 rings (SSSR count). The maximum atomic E-state index is 13.5. The lowest BCUT2D eigenvalue weighted by molar-refractivity contribution is -0.186. The number of nitrogens with one attached hydrogen (secondary N) is 1. The summed E-state index contributed by atoms with van der Waals surface area (Å²) < 4.78 is 45.5. The normalized spacial score (nSPS) is 17.2. The van der Waals surface area contributed by atoms with E-state index in [1.54, 1.807) is 5.32 Å². The first kappa shape index (κ1) is 23.6. The zero-order valence-corrected chi connectivity index (χ0v) is 17.7. The van der Waals surface area contributed by atoms with Gasteiger partial charge >= 0.3 is 18.2 Å². The van der Waals surface area contributed by atoms with Crippen molar-refractivity contribution in [3.8, 4) is 11.1 Å². The molecule has 1 heterocycles. The SMILES string of the molecule is O=C(NC(CC(=O)N1CC(O)(C(=O)O)C1)C(F)(F)F)OCC1c2ccccc2-c2ccccc21. The van der Waals surface area contributed by atoms with Crippen LogP contribution in [0.5, 0.6) is 0 Å². The molecule has 3 N–H and O–H groups in total. The van der Waals surface area contributed by atoms with E-state index < -0.39 is 55.3 Å². The van der Waals surface area contributed by atoms with E-state index >= 15 is 0 Å². The van der Waals surface area contributed by atoms with E-state index in [1.165, 1.54) is 0 Å². The third-order valence-electron chi connectivity index (χ3n) is 6.07. The molecule has 2 amide bonds. The molecule has 1 saturated heterocycles. The minimum Gasteiger partial charge on any atom is -0.479 e. The lowest BCUT2D eigenvalue weighted by Gasteiger charge is -2.43. The molecule has 0 radical (unpaired) electrons.